The molecule has 0 aliphatic heterocycles. The van der Waals surface area contributed by atoms with Gasteiger partial charge < -0.3 is 4.74 Å². The molecule has 0 radical (unpaired) electrons. The van der Waals surface area contributed by atoms with E-state index in [1.807, 2.05) is 6.07 Å². The molecule has 18 heavy (non-hydrogen) atoms. The highest BCUT2D eigenvalue weighted by atomic mass is 35.5. The summed E-state index contributed by atoms with van der Waals surface area (Å²) < 4.78 is 5.81. The summed E-state index contributed by atoms with van der Waals surface area (Å²) in [5.74, 6) is 1.47. The van der Waals surface area contributed by atoms with E-state index in [-0.39, 0.29) is 0 Å². The zero-order valence-corrected chi connectivity index (χ0v) is 12.4. The standard InChI is InChI=1S/C16H25ClO/c1-3-4-5-6-7-8-11-18-16-10-9-14(2)12-15(16)13-17/h9-10,12H,3-8,11,13H2,1-2H3. The molecular weight excluding hydrogens is 244 g/mol. The van der Waals surface area contributed by atoms with E-state index in [9.17, 15) is 0 Å². The van der Waals surface area contributed by atoms with Gasteiger partial charge in [0.05, 0.1) is 12.5 Å². The van der Waals surface area contributed by atoms with Gasteiger partial charge in [-0.05, 0) is 19.4 Å². The molecule has 1 rings (SSSR count). The fourth-order valence-corrected chi connectivity index (χ4v) is 2.23. The highest BCUT2D eigenvalue weighted by Crippen LogP contribution is 2.22. The van der Waals surface area contributed by atoms with Crippen LogP contribution in [0.4, 0.5) is 0 Å². The van der Waals surface area contributed by atoms with Crippen LogP contribution in [0, 0.1) is 6.92 Å². The van der Waals surface area contributed by atoms with Crippen LogP contribution in [0.15, 0.2) is 18.2 Å². The molecule has 0 atom stereocenters. The third-order valence-electron chi connectivity index (χ3n) is 3.12. The molecule has 0 heterocycles. The molecule has 0 unspecified atom stereocenters. The molecule has 0 amide bonds. The van der Waals surface area contributed by atoms with Gasteiger partial charge in [-0.2, -0.15) is 0 Å². The molecule has 0 saturated carbocycles. The molecule has 0 aliphatic carbocycles. The quantitative estimate of drug-likeness (QED) is 0.426. The monoisotopic (exact) mass is 268 g/mol. The van der Waals surface area contributed by atoms with Crippen LogP contribution >= 0.6 is 11.6 Å². The van der Waals surface area contributed by atoms with E-state index in [2.05, 4.69) is 26.0 Å². The van der Waals surface area contributed by atoms with Gasteiger partial charge in [0.25, 0.3) is 0 Å². The molecule has 2 heteroatoms. The zero-order valence-electron chi connectivity index (χ0n) is 11.7. The average molecular weight is 269 g/mol. The fraction of sp³-hybridized carbons (Fsp3) is 0.625. The SMILES string of the molecule is CCCCCCCCOc1ccc(C)cc1CCl. The van der Waals surface area contributed by atoms with Gasteiger partial charge in [-0.1, -0.05) is 56.7 Å². The normalized spacial score (nSPS) is 10.6. The number of hydrogen-bond acceptors (Lipinski definition) is 1. The molecular formula is C16H25ClO. The van der Waals surface area contributed by atoms with Crippen molar-refractivity contribution in [2.45, 2.75) is 58.3 Å². The second-order valence-electron chi connectivity index (χ2n) is 4.86. The maximum Gasteiger partial charge on any atom is 0.123 e. The van der Waals surface area contributed by atoms with Crippen molar-refractivity contribution in [3.05, 3.63) is 29.3 Å². The predicted octanol–water partition coefficient (Wildman–Crippen LogP) is 5.47. The first-order valence-corrected chi connectivity index (χ1v) is 7.59. The first kappa shape index (κ1) is 15.4. The third-order valence-corrected chi connectivity index (χ3v) is 3.40. The Hall–Kier alpha value is -0.690. The van der Waals surface area contributed by atoms with E-state index >= 15 is 0 Å². The van der Waals surface area contributed by atoms with E-state index in [0.717, 1.165) is 24.3 Å². The maximum atomic E-state index is 5.92. The smallest absolute Gasteiger partial charge is 0.123 e. The van der Waals surface area contributed by atoms with Gasteiger partial charge in [0.2, 0.25) is 0 Å². The summed E-state index contributed by atoms with van der Waals surface area (Å²) in [7, 11) is 0. The zero-order chi connectivity index (χ0) is 13.2. The molecule has 0 aromatic heterocycles. The summed E-state index contributed by atoms with van der Waals surface area (Å²) in [5.41, 5.74) is 2.33. The minimum absolute atomic E-state index is 0.521. The van der Waals surface area contributed by atoms with Gasteiger partial charge >= 0.3 is 0 Å². The Morgan fingerprint density at radius 3 is 2.50 bits per heavy atom. The van der Waals surface area contributed by atoms with Crippen molar-refractivity contribution in [1.82, 2.24) is 0 Å². The summed E-state index contributed by atoms with van der Waals surface area (Å²) in [6.07, 6.45) is 7.75. The summed E-state index contributed by atoms with van der Waals surface area (Å²) in [5, 5.41) is 0. The number of aryl methyl sites for hydroxylation is 1. The van der Waals surface area contributed by atoms with E-state index < -0.39 is 0 Å². The molecule has 1 nitrogen and oxygen atoms in total. The lowest BCUT2D eigenvalue weighted by atomic mass is 10.1. The lowest BCUT2D eigenvalue weighted by Gasteiger charge is -2.10. The lowest BCUT2D eigenvalue weighted by molar-refractivity contribution is 0.302. The molecule has 0 bridgehead atoms. The lowest BCUT2D eigenvalue weighted by Crippen LogP contribution is -2.00. The molecule has 0 saturated heterocycles. The fourth-order valence-electron chi connectivity index (χ4n) is 2.02. The van der Waals surface area contributed by atoms with E-state index in [0.29, 0.717) is 5.88 Å². The molecule has 0 N–H and O–H groups in total. The van der Waals surface area contributed by atoms with Gasteiger partial charge in [-0.25, -0.2) is 0 Å². The Balaban J connectivity index is 2.22. The summed E-state index contributed by atoms with van der Waals surface area (Å²) in [4.78, 5) is 0. The Morgan fingerprint density at radius 2 is 1.78 bits per heavy atom. The van der Waals surface area contributed by atoms with Crippen LogP contribution in [-0.2, 0) is 5.88 Å². The second-order valence-corrected chi connectivity index (χ2v) is 5.13. The van der Waals surface area contributed by atoms with Gasteiger partial charge in [-0.3, -0.25) is 0 Å². The molecule has 1 aromatic rings. The van der Waals surface area contributed by atoms with Crippen LogP contribution in [0.5, 0.6) is 5.75 Å². The molecule has 0 aliphatic rings. The van der Waals surface area contributed by atoms with Gasteiger partial charge in [0, 0.05) is 5.56 Å². The molecule has 0 fully saturated rings. The topological polar surface area (TPSA) is 9.23 Å². The number of hydrogen-bond donors (Lipinski definition) is 0. The van der Waals surface area contributed by atoms with Crippen molar-refractivity contribution in [2.75, 3.05) is 6.61 Å². The van der Waals surface area contributed by atoms with Crippen LogP contribution < -0.4 is 4.74 Å². The first-order chi connectivity index (χ1) is 8.77. The molecule has 102 valence electrons. The van der Waals surface area contributed by atoms with Crippen molar-refractivity contribution < 1.29 is 4.74 Å². The predicted molar refractivity (Wildman–Crippen MR) is 79.6 cm³/mol. The number of halogens is 1. The minimum atomic E-state index is 0.521. The van der Waals surface area contributed by atoms with Crippen LogP contribution in [0.25, 0.3) is 0 Å². The number of benzene rings is 1. The van der Waals surface area contributed by atoms with Crippen molar-refractivity contribution in [2.24, 2.45) is 0 Å². The number of rotatable bonds is 9. The van der Waals surface area contributed by atoms with Crippen LogP contribution in [0.2, 0.25) is 0 Å². The largest absolute Gasteiger partial charge is 0.493 e. The summed E-state index contributed by atoms with van der Waals surface area (Å²) in [6, 6.07) is 6.21. The Kier molecular flexibility index (Phi) is 7.91. The minimum Gasteiger partial charge on any atom is -0.493 e. The van der Waals surface area contributed by atoms with Crippen LogP contribution in [0.3, 0.4) is 0 Å². The van der Waals surface area contributed by atoms with Crippen LogP contribution in [-0.4, -0.2) is 6.61 Å². The van der Waals surface area contributed by atoms with E-state index in [1.54, 1.807) is 0 Å². The van der Waals surface area contributed by atoms with Crippen molar-refractivity contribution in [3.8, 4) is 5.75 Å². The first-order valence-electron chi connectivity index (χ1n) is 7.06. The summed E-state index contributed by atoms with van der Waals surface area (Å²) >= 11 is 5.92. The maximum absolute atomic E-state index is 5.92. The summed E-state index contributed by atoms with van der Waals surface area (Å²) in [6.45, 7) is 5.13. The van der Waals surface area contributed by atoms with Crippen molar-refractivity contribution in [3.63, 3.8) is 0 Å². The van der Waals surface area contributed by atoms with E-state index in [1.165, 1.54) is 37.7 Å². The van der Waals surface area contributed by atoms with Gasteiger partial charge in [0.1, 0.15) is 5.75 Å². The Bertz CT molecular complexity index is 336. The number of alkyl halides is 1. The third kappa shape index (κ3) is 5.77. The molecule has 0 spiro atoms. The van der Waals surface area contributed by atoms with Crippen molar-refractivity contribution in [1.29, 1.82) is 0 Å². The average Bonchev–Trinajstić information content (AvgIpc) is 2.39. The Morgan fingerprint density at radius 1 is 1.06 bits per heavy atom. The van der Waals surface area contributed by atoms with Crippen LogP contribution in [0.1, 0.15) is 56.6 Å². The molecule has 1 aromatic carbocycles. The highest BCUT2D eigenvalue weighted by molar-refractivity contribution is 6.17. The van der Waals surface area contributed by atoms with Crippen molar-refractivity contribution >= 4 is 11.6 Å². The van der Waals surface area contributed by atoms with Gasteiger partial charge in [0.15, 0.2) is 0 Å². The number of unbranched alkanes of at least 4 members (excludes halogenated alkanes) is 5. The number of ether oxygens (including phenoxy) is 1. The Labute approximate surface area is 116 Å². The second kappa shape index (κ2) is 9.27. The highest BCUT2D eigenvalue weighted by Gasteiger charge is 2.02. The van der Waals surface area contributed by atoms with Gasteiger partial charge in [-0.15, -0.1) is 11.6 Å². The van der Waals surface area contributed by atoms with E-state index in [4.69, 9.17) is 16.3 Å².